The number of carbonyl (C=O) groups excluding carboxylic acids is 1. The molecule has 2 aromatic rings. The van der Waals surface area contributed by atoms with Gasteiger partial charge in [0.15, 0.2) is 12.2 Å². The molecule has 0 aromatic heterocycles. The number of halogens is 3. The molecule has 0 spiro atoms. The minimum Gasteiger partial charge on any atom is -0.481 e. The van der Waals surface area contributed by atoms with Gasteiger partial charge in [0.05, 0.1) is 5.56 Å². The third-order valence-corrected chi connectivity index (χ3v) is 4.39. The van der Waals surface area contributed by atoms with Crippen LogP contribution in [0.4, 0.5) is 13.2 Å². The third kappa shape index (κ3) is 7.60. The normalized spacial score (nSPS) is 13.3. The fourth-order valence-electron chi connectivity index (χ4n) is 2.79. The number of aliphatic carboxylic acids is 1. The number of carboxylic acids is 1. The van der Waals surface area contributed by atoms with Crippen LogP contribution in [0.3, 0.4) is 0 Å². The lowest BCUT2D eigenvalue weighted by Gasteiger charge is -2.16. The van der Waals surface area contributed by atoms with Crippen molar-refractivity contribution in [1.29, 1.82) is 0 Å². The lowest BCUT2D eigenvalue weighted by atomic mass is 10.1. The summed E-state index contributed by atoms with van der Waals surface area (Å²) < 4.78 is 49.0. The highest BCUT2D eigenvalue weighted by molar-refractivity contribution is 5.80. The maximum Gasteiger partial charge on any atom is 0.416 e. The van der Waals surface area contributed by atoms with Crippen molar-refractivity contribution in [2.75, 3.05) is 6.61 Å². The Morgan fingerprint density at radius 1 is 1.10 bits per heavy atom. The lowest BCUT2D eigenvalue weighted by Crippen LogP contribution is -2.35. The SMILES string of the molecule is CCO[C@@H](Cc1ccc(O[C@@H](C)C(=O)NCc2cccc(C(F)(F)F)c2)cc1)C(=O)O. The number of nitrogens with one attached hydrogen (secondary N) is 1. The summed E-state index contributed by atoms with van der Waals surface area (Å²) in [7, 11) is 0. The minimum absolute atomic E-state index is 0.0661. The summed E-state index contributed by atoms with van der Waals surface area (Å²) in [5.74, 6) is -1.13. The van der Waals surface area contributed by atoms with Gasteiger partial charge in [0, 0.05) is 19.6 Å². The van der Waals surface area contributed by atoms with Gasteiger partial charge in [-0.05, 0) is 49.2 Å². The molecule has 0 unspecified atom stereocenters. The second-order valence-electron chi connectivity index (χ2n) is 6.81. The molecule has 6 nitrogen and oxygen atoms in total. The van der Waals surface area contributed by atoms with Crippen molar-refractivity contribution in [3.63, 3.8) is 0 Å². The maximum atomic E-state index is 12.8. The second kappa shape index (κ2) is 10.8. The van der Waals surface area contributed by atoms with Gasteiger partial charge >= 0.3 is 12.1 Å². The maximum absolute atomic E-state index is 12.8. The first-order valence-corrected chi connectivity index (χ1v) is 9.64. The molecule has 0 aliphatic rings. The summed E-state index contributed by atoms with van der Waals surface area (Å²) in [4.78, 5) is 23.4. The number of benzene rings is 2. The molecule has 1 amide bonds. The molecule has 0 heterocycles. The van der Waals surface area contributed by atoms with Gasteiger partial charge in [0.25, 0.3) is 5.91 Å². The Morgan fingerprint density at radius 3 is 2.35 bits per heavy atom. The second-order valence-corrected chi connectivity index (χ2v) is 6.81. The number of amides is 1. The van der Waals surface area contributed by atoms with Gasteiger partial charge in [-0.2, -0.15) is 13.2 Å². The van der Waals surface area contributed by atoms with E-state index in [4.69, 9.17) is 14.6 Å². The first-order valence-electron chi connectivity index (χ1n) is 9.64. The molecule has 31 heavy (non-hydrogen) atoms. The average molecular weight is 439 g/mol. The molecular weight excluding hydrogens is 415 g/mol. The highest BCUT2D eigenvalue weighted by Gasteiger charge is 2.30. The van der Waals surface area contributed by atoms with Crippen molar-refractivity contribution in [3.8, 4) is 5.75 Å². The number of carbonyl (C=O) groups is 2. The van der Waals surface area contributed by atoms with Crippen molar-refractivity contribution in [2.45, 2.75) is 45.2 Å². The molecule has 0 saturated heterocycles. The average Bonchev–Trinajstić information content (AvgIpc) is 2.72. The Labute approximate surface area is 178 Å². The van der Waals surface area contributed by atoms with Gasteiger partial charge in [-0.3, -0.25) is 4.79 Å². The zero-order chi connectivity index (χ0) is 23.0. The number of hydrogen-bond donors (Lipinski definition) is 2. The molecule has 2 rings (SSSR count). The van der Waals surface area contributed by atoms with E-state index < -0.39 is 35.8 Å². The van der Waals surface area contributed by atoms with Crippen LogP contribution in [0.15, 0.2) is 48.5 Å². The van der Waals surface area contributed by atoms with Crippen LogP contribution in [-0.4, -0.2) is 35.8 Å². The smallest absolute Gasteiger partial charge is 0.416 e. The first-order chi connectivity index (χ1) is 14.6. The zero-order valence-corrected chi connectivity index (χ0v) is 17.1. The van der Waals surface area contributed by atoms with E-state index in [1.54, 1.807) is 31.2 Å². The molecule has 2 N–H and O–H groups in total. The standard InChI is InChI=1S/C22H24F3NO5/c1-3-30-19(21(28)29)12-15-7-9-18(10-8-15)31-14(2)20(27)26-13-16-5-4-6-17(11-16)22(23,24)25/h4-11,14,19H,3,12-13H2,1-2H3,(H,26,27)(H,28,29)/t14-,19-/m0/s1. The summed E-state index contributed by atoms with van der Waals surface area (Å²) in [6.45, 7) is 3.45. The predicted octanol–water partition coefficient (Wildman–Crippen LogP) is 3.82. The third-order valence-electron chi connectivity index (χ3n) is 4.39. The predicted molar refractivity (Wildman–Crippen MR) is 107 cm³/mol. The number of ether oxygens (including phenoxy) is 2. The molecule has 9 heteroatoms. The van der Waals surface area contributed by atoms with E-state index in [1.165, 1.54) is 19.1 Å². The van der Waals surface area contributed by atoms with Crippen LogP contribution in [0.2, 0.25) is 0 Å². The summed E-state index contributed by atoms with van der Waals surface area (Å²) in [6.07, 6.45) is -6.09. The lowest BCUT2D eigenvalue weighted by molar-refractivity contribution is -0.150. The molecule has 0 aliphatic carbocycles. The van der Waals surface area contributed by atoms with Crippen molar-refractivity contribution in [2.24, 2.45) is 0 Å². The van der Waals surface area contributed by atoms with Gasteiger partial charge < -0.3 is 19.9 Å². The van der Waals surface area contributed by atoms with E-state index in [1.807, 2.05) is 0 Å². The van der Waals surface area contributed by atoms with Gasteiger partial charge in [-0.1, -0.05) is 24.3 Å². The number of alkyl halides is 3. The summed E-state index contributed by atoms with van der Waals surface area (Å²) in [6, 6.07) is 11.3. The van der Waals surface area contributed by atoms with E-state index in [2.05, 4.69) is 5.32 Å². The van der Waals surface area contributed by atoms with Crippen molar-refractivity contribution in [1.82, 2.24) is 5.32 Å². The van der Waals surface area contributed by atoms with E-state index >= 15 is 0 Å². The number of rotatable bonds is 10. The van der Waals surface area contributed by atoms with Crippen molar-refractivity contribution >= 4 is 11.9 Å². The fraction of sp³-hybridized carbons (Fsp3) is 0.364. The molecule has 0 radical (unpaired) electrons. The quantitative estimate of drug-likeness (QED) is 0.588. The summed E-state index contributed by atoms with van der Waals surface area (Å²) in [5.41, 5.74) is 0.273. The molecule has 0 fully saturated rings. The highest BCUT2D eigenvalue weighted by Crippen LogP contribution is 2.29. The van der Waals surface area contributed by atoms with E-state index in [9.17, 15) is 22.8 Å². The van der Waals surface area contributed by atoms with E-state index in [-0.39, 0.29) is 19.6 Å². The van der Waals surface area contributed by atoms with Crippen LogP contribution in [0, 0.1) is 0 Å². The van der Waals surface area contributed by atoms with Crippen LogP contribution in [0.5, 0.6) is 5.75 Å². The van der Waals surface area contributed by atoms with E-state index in [0.29, 0.717) is 11.3 Å². The highest BCUT2D eigenvalue weighted by atomic mass is 19.4. The van der Waals surface area contributed by atoms with Gasteiger partial charge in [-0.15, -0.1) is 0 Å². The number of hydrogen-bond acceptors (Lipinski definition) is 4. The monoisotopic (exact) mass is 439 g/mol. The Hall–Kier alpha value is -3.07. The largest absolute Gasteiger partial charge is 0.481 e. The van der Waals surface area contributed by atoms with Gasteiger partial charge in [0.2, 0.25) is 0 Å². The Bertz CT molecular complexity index is 883. The Balaban J connectivity index is 1.89. The zero-order valence-electron chi connectivity index (χ0n) is 17.1. The molecule has 0 bridgehead atoms. The first kappa shape index (κ1) is 24.2. The van der Waals surface area contributed by atoms with Crippen LogP contribution in [-0.2, 0) is 33.5 Å². The molecule has 2 atom stereocenters. The summed E-state index contributed by atoms with van der Waals surface area (Å²) in [5, 5.41) is 11.7. The van der Waals surface area contributed by atoms with Crippen LogP contribution in [0.25, 0.3) is 0 Å². The minimum atomic E-state index is -4.45. The molecule has 0 saturated carbocycles. The molecular formula is C22H24F3NO5. The molecule has 2 aromatic carbocycles. The summed E-state index contributed by atoms with van der Waals surface area (Å²) >= 11 is 0. The fourth-order valence-corrected chi connectivity index (χ4v) is 2.79. The van der Waals surface area contributed by atoms with Crippen LogP contribution >= 0.6 is 0 Å². The van der Waals surface area contributed by atoms with Gasteiger partial charge in [0.1, 0.15) is 5.75 Å². The Morgan fingerprint density at radius 2 is 1.77 bits per heavy atom. The molecule has 168 valence electrons. The van der Waals surface area contributed by atoms with Crippen molar-refractivity contribution in [3.05, 3.63) is 65.2 Å². The van der Waals surface area contributed by atoms with E-state index in [0.717, 1.165) is 17.7 Å². The number of carboxylic acid groups (broad SMARTS) is 1. The Kier molecular flexibility index (Phi) is 8.44. The molecule has 0 aliphatic heterocycles. The van der Waals surface area contributed by atoms with Crippen molar-refractivity contribution < 1.29 is 37.3 Å². The van der Waals surface area contributed by atoms with Crippen LogP contribution in [0.1, 0.15) is 30.5 Å². The van der Waals surface area contributed by atoms with Crippen LogP contribution < -0.4 is 10.1 Å². The topological polar surface area (TPSA) is 84.9 Å². The van der Waals surface area contributed by atoms with Gasteiger partial charge in [-0.25, -0.2) is 4.79 Å².